The summed E-state index contributed by atoms with van der Waals surface area (Å²) in [5.41, 5.74) is 3.90. The molecule has 0 atom stereocenters. The van der Waals surface area contributed by atoms with Crippen molar-refractivity contribution in [1.82, 2.24) is 0 Å². The van der Waals surface area contributed by atoms with E-state index in [1.807, 2.05) is 26.0 Å². The van der Waals surface area contributed by atoms with Crippen LogP contribution in [0.3, 0.4) is 0 Å². The van der Waals surface area contributed by atoms with Crippen molar-refractivity contribution >= 4 is 15.7 Å². The molecule has 5 heteroatoms. The molecule has 2 rings (SSSR count). The van der Waals surface area contributed by atoms with Gasteiger partial charge in [-0.05, 0) is 68.1 Å². The van der Waals surface area contributed by atoms with Crippen LogP contribution >= 0.6 is 0 Å². The molecule has 0 spiro atoms. The van der Waals surface area contributed by atoms with Crippen LogP contribution in [0.5, 0.6) is 5.75 Å². The minimum absolute atomic E-state index is 0.300. The standard InChI is InChI=1S/C17H21NO3S/c1-11-7-6-8-16(14(11)4)18-22(19,20)17-12(2)9-15(21-5)10-13(17)3/h6-10,18H,1-5H3. The Bertz CT molecular complexity index is 788. The number of ether oxygens (including phenoxy) is 1. The van der Waals surface area contributed by atoms with Gasteiger partial charge < -0.3 is 4.74 Å². The van der Waals surface area contributed by atoms with E-state index in [0.29, 0.717) is 27.5 Å². The van der Waals surface area contributed by atoms with Crippen molar-refractivity contribution in [3.63, 3.8) is 0 Å². The van der Waals surface area contributed by atoms with E-state index in [-0.39, 0.29) is 0 Å². The maximum Gasteiger partial charge on any atom is 0.262 e. The summed E-state index contributed by atoms with van der Waals surface area (Å²) >= 11 is 0. The quantitative estimate of drug-likeness (QED) is 0.934. The molecule has 0 aliphatic carbocycles. The summed E-state index contributed by atoms with van der Waals surface area (Å²) in [7, 11) is -2.08. The fraction of sp³-hybridized carbons (Fsp3) is 0.294. The first-order valence-corrected chi connectivity index (χ1v) is 8.49. The average molecular weight is 319 g/mol. The highest BCUT2D eigenvalue weighted by Gasteiger charge is 2.21. The van der Waals surface area contributed by atoms with E-state index in [1.54, 1.807) is 39.2 Å². The molecule has 0 fully saturated rings. The highest BCUT2D eigenvalue weighted by molar-refractivity contribution is 7.92. The van der Waals surface area contributed by atoms with Crippen LogP contribution < -0.4 is 9.46 Å². The molecule has 118 valence electrons. The van der Waals surface area contributed by atoms with Gasteiger partial charge in [0.05, 0.1) is 17.7 Å². The molecule has 2 aromatic rings. The number of hydrogen-bond acceptors (Lipinski definition) is 3. The molecule has 2 aromatic carbocycles. The zero-order chi connectivity index (χ0) is 16.5. The third-order valence-electron chi connectivity index (χ3n) is 3.79. The second kappa shape index (κ2) is 6.01. The van der Waals surface area contributed by atoms with E-state index in [9.17, 15) is 8.42 Å². The van der Waals surface area contributed by atoms with Crippen LogP contribution in [-0.2, 0) is 10.0 Å². The summed E-state index contributed by atoms with van der Waals surface area (Å²) in [6.07, 6.45) is 0. The molecule has 4 nitrogen and oxygen atoms in total. The number of hydrogen-bond donors (Lipinski definition) is 1. The number of benzene rings is 2. The first-order chi connectivity index (χ1) is 10.3. The summed E-state index contributed by atoms with van der Waals surface area (Å²) in [4.78, 5) is 0.300. The molecule has 0 radical (unpaired) electrons. The van der Waals surface area contributed by atoms with Crippen molar-refractivity contribution in [3.8, 4) is 5.75 Å². The molecule has 0 unspecified atom stereocenters. The topological polar surface area (TPSA) is 55.4 Å². The molecule has 0 bridgehead atoms. The number of aryl methyl sites for hydroxylation is 3. The van der Waals surface area contributed by atoms with Crippen molar-refractivity contribution in [1.29, 1.82) is 0 Å². The van der Waals surface area contributed by atoms with Crippen LogP contribution in [0.25, 0.3) is 0 Å². The van der Waals surface area contributed by atoms with Gasteiger partial charge in [-0.25, -0.2) is 8.42 Å². The molecular weight excluding hydrogens is 298 g/mol. The van der Waals surface area contributed by atoms with E-state index < -0.39 is 10.0 Å². The number of anilines is 1. The normalized spacial score (nSPS) is 11.3. The largest absolute Gasteiger partial charge is 0.497 e. The van der Waals surface area contributed by atoms with Crippen LogP contribution in [0.15, 0.2) is 35.2 Å². The SMILES string of the molecule is COc1cc(C)c(S(=O)(=O)Nc2cccc(C)c2C)c(C)c1. The minimum Gasteiger partial charge on any atom is -0.497 e. The van der Waals surface area contributed by atoms with E-state index >= 15 is 0 Å². The minimum atomic E-state index is -3.64. The molecule has 0 aliphatic heterocycles. The molecular formula is C17H21NO3S. The third-order valence-corrected chi connectivity index (χ3v) is 5.46. The fourth-order valence-corrected chi connectivity index (χ4v) is 4.09. The van der Waals surface area contributed by atoms with Gasteiger partial charge in [-0.1, -0.05) is 12.1 Å². The number of nitrogens with one attached hydrogen (secondary N) is 1. The molecule has 22 heavy (non-hydrogen) atoms. The number of rotatable bonds is 4. The Morgan fingerprint density at radius 1 is 0.955 bits per heavy atom. The Hall–Kier alpha value is -2.01. The summed E-state index contributed by atoms with van der Waals surface area (Å²) in [6, 6.07) is 9.02. The van der Waals surface area contributed by atoms with Gasteiger partial charge in [0.1, 0.15) is 5.75 Å². The Morgan fingerprint density at radius 3 is 2.09 bits per heavy atom. The van der Waals surface area contributed by atoms with Crippen LogP contribution in [0.2, 0.25) is 0 Å². The second-order valence-corrected chi connectivity index (χ2v) is 7.06. The average Bonchev–Trinajstić information content (AvgIpc) is 2.42. The van der Waals surface area contributed by atoms with Gasteiger partial charge in [-0.2, -0.15) is 0 Å². The molecule has 0 saturated carbocycles. The Morgan fingerprint density at radius 2 is 1.55 bits per heavy atom. The van der Waals surface area contributed by atoms with Crippen LogP contribution in [-0.4, -0.2) is 15.5 Å². The van der Waals surface area contributed by atoms with E-state index in [1.165, 1.54) is 0 Å². The summed E-state index contributed by atoms with van der Waals surface area (Å²) < 4.78 is 33.4. The predicted octanol–water partition coefficient (Wildman–Crippen LogP) is 3.73. The highest BCUT2D eigenvalue weighted by atomic mass is 32.2. The Labute approximate surface area is 132 Å². The van der Waals surface area contributed by atoms with Gasteiger partial charge >= 0.3 is 0 Å². The van der Waals surface area contributed by atoms with Crippen LogP contribution in [0.4, 0.5) is 5.69 Å². The van der Waals surface area contributed by atoms with E-state index in [4.69, 9.17) is 4.74 Å². The zero-order valence-electron chi connectivity index (χ0n) is 13.5. The molecule has 0 aromatic heterocycles. The molecule has 0 heterocycles. The number of methoxy groups -OCH3 is 1. The van der Waals surface area contributed by atoms with Gasteiger partial charge in [0, 0.05) is 0 Å². The maximum absolute atomic E-state index is 12.8. The third kappa shape index (κ3) is 3.09. The Kier molecular flexibility index (Phi) is 4.47. The molecule has 0 amide bonds. The maximum atomic E-state index is 12.8. The van der Waals surface area contributed by atoms with Crippen molar-refractivity contribution in [2.45, 2.75) is 32.6 Å². The lowest BCUT2D eigenvalue weighted by Gasteiger charge is -2.16. The van der Waals surface area contributed by atoms with Gasteiger partial charge in [-0.15, -0.1) is 0 Å². The van der Waals surface area contributed by atoms with Gasteiger partial charge in [0.15, 0.2) is 0 Å². The lowest BCUT2D eigenvalue weighted by Crippen LogP contribution is -2.16. The summed E-state index contributed by atoms with van der Waals surface area (Å²) in [5.74, 6) is 0.653. The fourth-order valence-electron chi connectivity index (χ4n) is 2.51. The second-order valence-electron chi connectivity index (χ2n) is 5.44. The lowest BCUT2D eigenvalue weighted by molar-refractivity contribution is 0.413. The van der Waals surface area contributed by atoms with Gasteiger partial charge in [-0.3, -0.25) is 4.72 Å². The van der Waals surface area contributed by atoms with Crippen molar-refractivity contribution in [2.75, 3.05) is 11.8 Å². The van der Waals surface area contributed by atoms with Crippen molar-refractivity contribution in [3.05, 3.63) is 52.6 Å². The van der Waals surface area contributed by atoms with Crippen molar-refractivity contribution in [2.24, 2.45) is 0 Å². The smallest absolute Gasteiger partial charge is 0.262 e. The van der Waals surface area contributed by atoms with Crippen LogP contribution in [0, 0.1) is 27.7 Å². The van der Waals surface area contributed by atoms with Crippen molar-refractivity contribution < 1.29 is 13.2 Å². The monoisotopic (exact) mass is 319 g/mol. The van der Waals surface area contributed by atoms with E-state index in [0.717, 1.165) is 11.1 Å². The molecule has 1 N–H and O–H groups in total. The van der Waals surface area contributed by atoms with E-state index in [2.05, 4.69) is 4.72 Å². The zero-order valence-corrected chi connectivity index (χ0v) is 14.3. The highest BCUT2D eigenvalue weighted by Crippen LogP contribution is 2.28. The first kappa shape index (κ1) is 16.4. The lowest BCUT2D eigenvalue weighted by atomic mass is 10.1. The summed E-state index contributed by atoms with van der Waals surface area (Å²) in [5, 5.41) is 0. The van der Waals surface area contributed by atoms with Crippen LogP contribution in [0.1, 0.15) is 22.3 Å². The summed E-state index contributed by atoms with van der Waals surface area (Å²) in [6.45, 7) is 7.40. The number of sulfonamides is 1. The van der Waals surface area contributed by atoms with Gasteiger partial charge in [0.2, 0.25) is 0 Å². The first-order valence-electron chi connectivity index (χ1n) is 7.00. The predicted molar refractivity (Wildman–Crippen MR) is 89.2 cm³/mol. The van der Waals surface area contributed by atoms with Gasteiger partial charge in [0.25, 0.3) is 10.0 Å². The molecule has 0 aliphatic rings. The Balaban J connectivity index is 2.50. The molecule has 0 saturated heterocycles.